The molecule has 0 saturated heterocycles. The number of aryl methyl sites for hydroxylation is 1. The Kier molecular flexibility index (Phi) is 8.42. The molecular weight excluding hydrogens is 223 g/mol. The van der Waals surface area contributed by atoms with Crippen molar-refractivity contribution in [1.82, 2.24) is 0 Å². The molecule has 0 saturated carbocycles. The molecule has 0 heterocycles. The maximum absolute atomic E-state index is 10.2. The summed E-state index contributed by atoms with van der Waals surface area (Å²) in [5, 5.41) is 8.38. The summed E-state index contributed by atoms with van der Waals surface area (Å²) in [6.45, 7) is 2.08. The summed E-state index contributed by atoms with van der Waals surface area (Å²) >= 11 is 0. The number of carboxylic acid groups (broad SMARTS) is 1. The summed E-state index contributed by atoms with van der Waals surface area (Å²) in [5.74, 6) is -0.879. The van der Waals surface area contributed by atoms with Crippen LogP contribution in [0.4, 0.5) is 0 Å². The molecule has 0 atom stereocenters. The van der Waals surface area contributed by atoms with Crippen LogP contribution in [0.15, 0.2) is 60.7 Å². The molecule has 2 aromatic carbocycles. The normalized spacial score (nSPS) is 8.29. The van der Waals surface area contributed by atoms with Crippen molar-refractivity contribution in [3.63, 3.8) is 0 Å². The van der Waals surface area contributed by atoms with Gasteiger partial charge in [-0.25, -0.2) is 4.79 Å². The van der Waals surface area contributed by atoms with E-state index in [1.165, 1.54) is 5.56 Å². The van der Waals surface area contributed by atoms with Crippen LogP contribution in [0, 0.1) is 6.92 Å². The number of hydrogen-bond donors (Lipinski definition) is 1. The quantitative estimate of drug-likeness (QED) is 0.776. The number of rotatable bonds is 1. The summed E-state index contributed by atoms with van der Waals surface area (Å²) in [6.07, 6.45) is 0. The summed E-state index contributed by atoms with van der Waals surface area (Å²) in [7, 11) is 0. The molecule has 84 valence electrons. The first-order chi connectivity index (χ1) is 7.70. The number of aromatic carboxylic acids is 1. The van der Waals surface area contributed by atoms with Crippen molar-refractivity contribution >= 4 is 35.5 Å². The molecule has 1 N–H and O–H groups in total. The van der Waals surface area contributed by atoms with Gasteiger partial charge in [-0.3, -0.25) is 0 Å². The Morgan fingerprint density at radius 1 is 0.882 bits per heavy atom. The van der Waals surface area contributed by atoms with Crippen LogP contribution in [0.1, 0.15) is 15.9 Å². The molecule has 0 radical (unpaired) electrons. The first-order valence-electron chi connectivity index (χ1n) is 5.00. The van der Waals surface area contributed by atoms with Crippen LogP contribution in [0.3, 0.4) is 0 Å². The van der Waals surface area contributed by atoms with Gasteiger partial charge in [-0.1, -0.05) is 54.1 Å². The van der Waals surface area contributed by atoms with E-state index in [-0.39, 0.29) is 29.6 Å². The zero-order valence-electron chi connectivity index (χ0n) is 9.13. The molecule has 0 aliphatic rings. The van der Waals surface area contributed by atoms with Gasteiger partial charge in [0, 0.05) is 0 Å². The van der Waals surface area contributed by atoms with Gasteiger partial charge >= 0.3 is 35.5 Å². The van der Waals surface area contributed by atoms with Crippen LogP contribution in [-0.4, -0.2) is 40.6 Å². The van der Waals surface area contributed by atoms with Crippen LogP contribution in [0.2, 0.25) is 0 Å². The molecule has 0 aliphatic heterocycles. The Morgan fingerprint density at radius 3 is 1.53 bits per heavy atom. The third-order valence-electron chi connectivity index (χ3n) is 1.96. The molecule has 2 rings (SSSR count). The van der Waals surface area contributed by atoms with E-state index in [0.29, 0.717) is 5.56 Å². The average molecular weight is 238 g/mol. The molecule has 0 unspecified atom stereocenters. The van der Waals surface area contributed by atoms with Gasteiger partial charge in [0.1, 0.15) is 0 Å². The van der Waals surface area contributed by atoms with Gasteiger partial charge < -0.3 is 5.11 Å². The fourth-order valence-electron chi connectivity index (χ4n) is 1.12. The Bertz CT molecular complexity index is 426. The van der Waals surface area contributed by atoms with E-state index < -0.39 is 5.97 Å². The van der Waals surface area contributed by atoms with Crippen LogP contribution in [-0.2, 0) is 0 Å². The van der Waals surface area contributed by atoms with E-state index in [1.807, 2.05) is 18.2 Å². The number of carbonyl (C=O) groups is 1. The van der Waals surface area contributed by atoms with Gasteiger partial charge in [-0.2, -0.15) is 0 Å². The minimum absolute atomic E-state index is 0. The van der Waals surface area contributed by atoms with Crippen molar-refractivity contribution in [2.24, 2.45) is 0 Å². The molecule has 0 bridgehead atoms. The second-order valence-corrected chi connectivity index (χ2v) is 3.33. The topological polar surface area (TPSA) is 37.3 Å². The van der Waals surface area contributed by atoms with Crippen LogP contribution in [0.5, 0.6) is 0 Å². The van der Waals surface area contributed by atoms with Crippen molar-refractivity contribution in [2.45, 2.75) is 6.92 Å². The van der Waals surface area contributed by atoms with E-state index in [9.17, 15) is 4.79 Å². The molecule has 3 heteroatoms. The minimum atomic E-state index is -0.879. The van der Waals surface area contributed by atoms with Crippen molar-refractivity contribution in [3.8, 4) is 0 Å². The molecule has 0 aromatic heterocycles. The van der Waals surface area contributed by atoms with Crippen LogP contribution < -0.4 is 0 Å². The first-order valence-corrected chi connectivity index (χ1v) is 5.00. The van der Waals surface area contributed by atoms with Crippen molar-refractivity contribution in [3.05, 3.63) is 71.8 Å². The predicted octanol–water partition coefficient (Wildman–Crippen LogP) is 2.73. The van der Waals surface area contributed by atoms with Gasteiger partial charge in [-0.05, 0) is 19.1 Å². The number of benzene rings is 2. The monoisotopic (exact) mass is 238 g/mol. The molecule has 0 fully saturated rings. The molecule has 0 aliphatic carbocycles. The second-order valence-electron chi connectivity index (χ2n) is 3.33. The van der Waals surface area contributed by atoms with Crippen molar-refractivity contribution in [2.75, 3.05) is 0 Å². The Balaban J connectivity index is 0.000000292. The fraction of sp³-hybridized carbons (Fsp3) is 0.0714. The van der Waals surface area contributed by atoms with E-state index in [2.05, 4.69) is 19.1 Å². The Morgan fingerprint density at radius 2 is 1.29 bits per heavy atom. The standard InChI is InChI=1S/C7H6O2.C7H8.Na.H/c8-7(9)6-4-2-1-3-5-6;1-7-5-3-2-4-6-7;;/h1-5H,(H,8,9);2-6H,1H3;;. The molecular formula is C14H15NaO2. The zero-order chi connectivity index (χ0) is 11.8. The third-order valence-corrected chi connectivity index (χ3v) is 1.96. The third kappa shape index (κ3) is 6.95. The molecule has 0 amide bonds. The summed E-state index contributed by atoms with van der Waals surface area (Å²) in [4.78, 5) is 10.2. The van der Waals surface area contributed by atoms with Crippen LogP contribution in [0.25, 0.3) is 0 Å². The fourth-order valence-corrected chi connectivity index (χ4v) is 1.12. The average Bonchev–Trinajstić information content (AvgIpc) is 2.32. The number of carboxylic acids is 1. The SMILES string of the molecule is Cc1ccccc1.O=C(O)c1ccccc1.[NaH]. The van der Waals surface area contributed by atoms with E-state index in [4.69, 9.17) is 5.11 Å². The Labute approximate surface area is 124 Å². The summed E-state index contributed by atoms with van der Waals surface area (Å²) in [5.41, 5.74) is 1.65. The van der Waals surface area contributed by atoms with E-state index in [1.54, 1.807) is 30.3 Å². The summed E-state index contributed by atoms with van der Waals surface area (Å²) in [6, 6.07) is 18.6. The first kappa shape index (κ1) is 15.9. The second kappa shape index (κ2) is 8.99. The van der Waals surface area contributed by atoms with Gasteiger partial charge in [0.05, 0.1) is 5.56 Å². The predicted molar refractivity (Wildman–Crippen MR) is 71.7 cm³/mol. The Hall–Kier alpha value is -1.09. The van der Waals surface area contributed by atoms with Crippen LogP contribution >= 0.6 is 0 Å². The maximum atomic E-state index is 10.2. The van der Waals surface area contributed by atoms with Crippen molar-refractivity contribution < 1.29 is 9.90 Å². The zero-order valence-corrected chi connectivity index (χ0v) is 9.13. The van der Waals surface area contributed by atoms with E-state index in [0.717, 1.165) is 0 Å². The molecule has 17 heavy (non-hydrogen) atoms. The molecule has 0 spiro atoms. The van der Waals surface area contributed by atoms with Gasteiger partial charge in [-0.15, -0.1) is 0 Å². The van der Waals surface area contributed by atoms with E-state index >= 15 is 0 Å². The molecule has 2 nitrogen and oxygen atoms in total. The number of hydrogen-bond acceptors (Lipinski definition) is 1. The van der Waals surface area contributed by atoms with Gasteiger partial charge in [0.25, 0.3) is 0 Å². The molecule has 2 aromatic rings. The van der Waals surface area contributed by atoms with Gasteiger partial charge in [0.2, 0.25) is 0 Å². The summed E-state index contributed by atoms with van der Waals surface area (Å²) < 4.78 is 0. The van der Waals surface area contributed by atoms with Crippen molar-refractivity contribution in [1.29, 1.82) is 0 Å². The van der Waals surface area contributed by atoms with Gasteiger partial charge in [0.15, 0.2) is 0 Å².